The second-order valence-corrected chi connectivity index (χ2v) is 3.64. The van der Waals surface area contributed by atoms with Crippen LogP contribution < -0.4 is 0 Å². The van der Waals surface area contributed by atoms with Crippen LogP contribution in [0.3, 0.4) is 0 Å². The summed E-state index contributed by atoms with van der Waals surface area (Å²) in [5.41, 5.74) is 0.864. The third-order valence-electron chi connectivity index (χ3n) is 1.56. The van der Waals surface area contributed by atoms with Crippen molar-refractivity contribution in [3.05, 3.63) is 24.8 Å². The minimum Gasteiger partial charge on any atom is -0.290 e. The zero-order valence-corrected chi connectivity index (χ0v) is 7.28. The maximum absolute atomic E-state index is 11.1. The highest BCUT2D eigenvalue weighted by Crippen LogP contribution is 2.06. The van der Waals surface area contributed by atoms with E-state index >= 15 is 0 Å². The SMILES string of the molecule is C[S@@](=O)c1ncc2cnccn12. The normalized spacial score (nSPS) is 13.4. The molecule has 2 aromatic heterocycles. The van der Waals surface area contributed by atoms with E-state index in [-0.39, 0.29) is 0 Å². The van der Waals surface area contributed by atoms with Crippen molar-refractivity contribution in [3.8, 4) is 0 Å². The highest BCUT2D eigenvalue weighted by atomic mass is 32.2. The van der Waals surface area contributed by atoms with E-state index in [0.29, 0.717) is 5.16 Å². The van der Waals surface area contributed by atoms with Crippen LogP contribution in [0.5, 0.6) is 0 Å². The van der Waals surface area contributed by atoms with Crippen LogP contribution in [0.1, 0.15) is 0 Å². The molecule has 0 radical (unpaired) electrons. The van der Waals surface area contributed by atoms with Crippen LogP contribution >= 0.6 is 0 Å². The van der Waals surface area contributed by atoms with Gasteiger partial charge in [-0.3, -0.25) is 13.6 Å². The topological polar surface area (TPSA) is 47.3 Å². The maximum Gasteiger partial charge on any atom is 0.203 e. The lowest BCUT2D eigenvalue weighted by Gasteiger charge is -1.94. The Labute approximate surface area is 71.7 Å². The van der Waals surface area contributed by atoms with Crippen LogP contribution in [0.15, 0.2) is 29.9 Å². The molecule has 4 nitrogen and oxygen atoms in total. The molecule has 0 saturated carbocycles. The number of hydrogen-bond donors (Lipinski definition) is 0. The number of hydrogen-bond acceptors (Lipinski definition) is 3. The molecule has 62 valence electrons. The largest absolute Gasteiger partial charge is 0.290 e. The van der Waals surface area contributed by atoms with Crippen LogP contribution in [0.25, 0.3) is 5.52 Å². The summed E-state index contributed by atoms with van der Waals surface area (Å²) in [7, 11) is -1.05. The fourth-order valence-electron chi connectivity index (χ4n) is 1.04. The van der Waals surface area contributed by atoms with Crippen molar-refractivity contribution in [2.45, 2.75) is 5.16 Å². The van der Waals surface area contributed by atoms with E-state index in [0.717, 1.165) is 5.52 Å². The van der Waals surface area contributed by atoms with E-state index in [1.807, 2.05) is 0 Å². The Kier molecular flexibility index (Phi) is 1.65. The standard InChI is InChI=1S/C7H7N3OS/c1-12(11)7-9-5-6-4-8-2-3-10(6)7/h2-5H,1H3/t12-/m1/s1. The highest BCUT2D eigenvalue weighted by molar-refractivity contribution is 7.84. The van der Waals surface area contributed by atoms with Crippen molar-refractivity contribution >= 4 is 16.3 Å². The van der Waals surface area contributed by atoms with Gasteiger partial charge in [0.25, 0.3) is 0 Å². The van der Waals surface area contributed by atoms with Gasteiger partial charge in [-0.15, -0.1) is 0 Å². The average Bonchev–Trinajstić information content (AvgIpc) is 2.47. The molecule has 0 fully saturated rings. The molecular formula is C7H7N3OS. The molecule has 5 heteroatoms. The monoisotopic (exact) mass is 181 g/mol. The smallest absolute Gasteiger partial charge is 0.203 e. The summed E-state index contributed by atoms with van der Waals surface area (Å²) < 4.78 is 12.9. The van der Waals surface area contributed by atoms with E-state index in [9.17, 15) is 4.21 Å². The summed E-state index contributed by atoms with van der Waals surface area (Å²) in [6.07, 6.45) is 8.34. The lowest BCUT2D eigenvalue weighted by molar-refractivity contribution is 0.679. The van der Waals surface area contributed by atoms with Crippen molar-refractivity contribution in [1.29, 1.82) is 0 Å². The highest BCUT2D eigenvalue weighted by Gasteiger charge is 2.04. The fourth-order valence-corrected chi connectivity index (χ4v) is 1.68. The molecule has 0 aliphatic rings. The van der Waals surface area contributed by atoms with E-state index in [4.69, 9.17) is 0 Å². The number of fused-ring (bicyclic) bond motifs is 1. The van der Waals surface area contributed by atoms with Crippen LogP contribution in [0.2, 0.25) is 0 Å². The molecule has 0 bridgehead atoms. The second kappa shape index (κ2) is 2.67. The van der Waals surface area contributed by atoms with Gasteiger partial charge in [-0.2, -0.15) is 0 Å². The molecule has 0 aromatic carbocycles. The van der Waals surface area contributed by atoms with Crippen LogP contribution in [0.4, 0.5) is 0 Å². The first-order chi connectivity index (χ1) is 5.79. The quantitative estimate of drug-likeness (QED) is 0.642. The van der Waals surface area contributed by atoms with E-state index in [2.05, 4.69) is 9.97 Å². The third-order valence-corrected chi connectivity index (χ3v) is 2.37. The van der Waals surface area contributed by atoms with Gasteiger partial charge in [0.2, 0.25) is 5.16 Å². The third kappa shape index (κ3) is 1.02. The van der Waals surface area contributed by atoms with Crippen molar-refractivity contribution < 1.29 is 4.21 Å². The molecule has 12 heavy (non-hydrogen) atoms. The van der Waals surface area contributed by atoms with Gasteiger partial charge in [-0.1, -0.05) is 0 Å². The van der Waals surface area contributed by atoms with Crippen LogP contribution in [-0.4, -0.2) is 24.8 Å². The first kappa shape index (κ1) is 7.42. The predicted octanol–water partition coefficient (Wildman–Crippen LogP) is 0.467. The van der Waals surface area contributed by atoms with Gasteiger partial charge in [-0.25, -0.2) is 4.98 Å². The molecular weight excluding hydrogens is 174 g/mol. The Balaban J connectivity index is 2.79. The fraction of sp³-hybridized carbons (Fsp3) is 0.143. The summed E-state index contributed by atoms with van der Waals surface area (Å²) in [5, 5.41) is 0.562. The number of rotatable bonds is 1. The van der Waals surface area contributed by atoms with Gasteiger partial charge < -0.3 is 0 Å². The maximum atomic E-state index is 11.1. The Morgan fingerprint density at radius 2 is 2.33 bits per heavy atom. The van der Waals surface area contributed by atoms with Crippen molar-refractivity contribution in [3.63, 3.8) is 0 Å². The molecule has 0 unspecified atom stereocenters. The van der Waals surface area contributed by atoms with E-state index < -0.39 is 10.8 Å². The first-order valence-corrected chi connectivity index (χ1v) is 4.95. The summed E-state index contributed by atoms with van der Waals surface area (Å²) in [5.74, 6) is 0. The molecule has 0 aliphatic carbocycles. The lowest BCUT2D eigenvalue weighted by Crippen LogP contribution is -1.95. The number of aromatic nitrogens is 3. The van der Waals surface area contributed by atoms with E-state index in [1.54, 1.807) is 35.4 Å². The van der Waals surface area contributed by atoms with Gasteiger partial charge in [0, 0.05) is 18.6 Å². The van der Waals surface area contributed by atoms with Gasteiger partial charge >= 0.3 is 0 Å². The molecule has 0 aliphatic heterocycles. The Bertz CT molecular complexity index is 437. The second-order valence-electron chi connectivity index (χ2n) is 2.37. The number of imidazole rings is 1. The Morgan fingerprint density at radius 3 is 3.08 bits per heavy atom. The Morgan fingerprint density at radius 1 is 1.50 bits per heavy atom. The lowest BCUT2D eigenvalue weighted by atomic mass is 10.6. The van der Waals surface area contributed by atoms with Crippen molar-refractivity contribution in [1.82, 2.24) is 14.4 Å². The van der Waals surface area contributed by atoms with Crippen molar-refractivity contribution in [2.24, 2.45) is 0 Å². The van der Waals surface area contributed by atoms with Crippen molar-refractivity contribution in [2.75, 3.05) is 6.26 Å². The Hall–Kier alpha value is -1.23. The van der Waals surface area contributed by atoms with Crippen LogP contribution in [0, 0.1) is 0 Å². The molecule has 2 heterocycles. The summed E-state index contributed by atoms with van der Waals surface area (Å²) in [6, 6.07) is 0. The molecule has 2 rings (SSSR count). The molecule has 0 N–H and O–H groups in total. The van der Waals surface area contributed by atoms with E-state index in [1.165, 1.54) is 0 Å². The molecule has 1 atom stereocenters. The molecule has 0 saturated heterocycles. The van der Waals surface area contributed by atoms with Gasteiger partial charge in [0.15, 0.2) is 0 Å². The predicted molar refractivity (Wildman–Crippen MR) is 45.3 cm³/mol. The first-order valence-electron chi connectivity index (χ1n) is 3.39. The van der Waals surface area contributed by atoms with Gasteiger partial charge in [0.05, 0.1) is 28.7 Å². The zero-order chi connectivity index (χ0) is 8.55. The summed E-state index contributed by atoms with van der Waals surface area (Å²) >= 11 is 0. The minimum absolute atomic E-state index is 0.562. The zero-order valence-electron chi connectivity index (χ0n) is 6.47. The van der Waals surface area contributed by atoms with Crippen LogP contribution in [-0.2, 0) is 10.8 Å². The molecule has 2 aromatic rings. The molecule has 0 amide bonds. The number of nitrogens with zero attached hydrogens (tertiary/aromatic N) is 3. The molecule has 0 spiro atoms. The average molecular weight is 181 g/mol. The van der Waals surface area contributed by atoms with Gasteiger partial charge in [-0.05, 0) is 0 Å². The van der Waals surface area contributed by atoms with Gasteiger partial charge in [0.1, 0.15) is 0 Å². The summed E-state index contributed by atoms with van der Waals surface area (Å²) in [4.78, 5) is 7.94. The minimum atomic E-state index is -1.05. The summed E-state index contributed by atoms with van der Waals surface area (Å²) in [6.45, 7) is 0.